The van der Waals surface area contributed by atoms with Crippen molar-refractivity contribution in [1.82, 2.24) is 14.5 Å². The number of aromatic nitrogens is 2. The second-order valence-electron chi connectivity index (χ2n) is 6.62. The molecule has 1 aliphatic heterocycles. The van der Waals surface area contributed by atoms with Crippen LogP contribution in [-0.2, 0) is 4.79 Å². The average molecular weight is 330 g/mol. The third-order valence-corrected chi connectivity index (χ3v) is 4.95. The summed E-state index contributed by atoms with van der Waals surface area (Å²) >= 11 is 0. The zero-order valence-corrected chi connectivity index (χ0v) is 14.2. The van der Waals surface area contributed by atoms with E-state index in [1.54, 1.807) is 0 Å². The van der Waals surface area contributed by atoms with Crippen LogP contribution in [0.2, 0.25) is 0 Å². The fourth-order valence-electron chi connectivity index (χ4n) is 3.56. The monoisotopic (exact) mass is 330 g/mol. The first-order chi connectivity index (χ1) is 11.6. The summed E-state index contributed by atoms with van der Waals surface area (Å²) in [4.78, 5) is 29.5. The van der Waals surface area contributed by atoms with E-state index in [4.69, 9.17) is 5.73 Å². The number of nitrogens with zero attached hydrogens (tertiary/aromatic N) is 2. The predicted octanol–water partition coefficient (Wildman–Crippen LogP) is 2.01. The Balaban J connectivity index is 1.67. The number of nitrogens with two attached hydrogens (primary N) is 1. The molecule has 130 valence electrons. The minimum absolute atomic E-state index is 0.0492. The SMILES string of the molecule is CCCCC(N)C(=O)N1CCC(n2c(=O)[nH]c3ccccc32)CC1. The Kier molecular flexibility index (Phi) is 5.04. The van der Waals surface area contributed by atoms with Crippen LogP contribution in [0, 0.1) is 0 Å². The van der Waals surface area contributed by atoms with Crippen LogP contribution in [0.25, 0.3) is 11.0 Å². The summed E-state index contributed by atoms with van der Waals surface area (Å²) in [5.41, 5.74) is 7.74. The van der Waals surface area contributed by atoms with Crippen LogP contribution in [0.1, 0.15) is 45.1 Å². The molecule has 1 aromatic heterocycles. The Hall–Kier alpha value is -2.08. The van der Waals surface area contributed by atoms with Crippen molar-refractivity contribution in [2.24, 2.45) is 5.73 Å². The number of hydrogen-bond donors (Lipinski definition) is 2. The lowest BCUT2D eigenvalue weighted by Crippen LogP contribution is -2.47. The molecule has 1 saturated heterocycles. The Labute approximate surface area is 141 Å². The van der Waals surface area contributed by atoms with Gasteiger partial charge in [0.25, 0.3) is 0 Å². The van der Waals surface area contributed by atoms with Gasteiger partial charge in [-0.3, -0.25) is 9.36 Å². The molecule has 2 heterocycles. The summed E-state index contributed by atoms with van der Waals surface area (Å²) in [6, 6.07) is 7.48. The maximum atomic E-state index is 12.4. The molecule has 1 aliphatic rings. The number of likely N-dealkylation sites (tertiary alicyclic amines) is 1. The van der Waals surface area contributed by atoms with Gasteiger partial charge in [0.05, 0.1) is 17.1 Å². The number of piperidine rings is 1. The number of para-hydroxylation sites is 2. The van der Waals surface area contributed by atoms with E-state index in [2.05, 4.69) is 11.9 Å². The zero-order chi connectivity index (χ0) is 17.1. The van der Waals surface area contributed by atoms with Crippen molar-refractivity contribution in [2.75, 3.05) is 13.1 Å². The lowest BCUT2D eigenvalue weighted by Gasteiger charge is -2.34. The molecular weight excluding hydrogens is 304 g/mol. The molecule has 6 nitrogen and oxygen atoms in total. The quantitative estimate of drug-likeness (QED) is 0.879. The van der Waals surface area contributed by atoms with Crippen LogP contribution in [0.3, 0.4) is 0 Å². The van der Waals surface area contributed by atoms with Crippen molar-refractivity contribution in [3.63, 3.8) is 0 Å². The smallest absolute Gasteiger partial charge is 0.326 e. The molecule has 0 aliphatic carbocycles. The summed E-state index contributed by atoms with van der Waals surface area (Å²) in [5.74, 6) is 0.0492. The van der Waals surface area contributed by atoms with Crippen molar-refractivity contribution in [3.8, 4) is 0 Å². The third-order valence-electron chi connectivity index (χ3n) is 4.95. The number of benzene rings is 1. The van der Waals surface area contributed by atoms with Gasteiger partial charge in [-0.15, -0.1) is 0 Å². The van der Waals surface area contributed by atoms with E-state index < -0.39 is 6.04 Å². The van der Waals surface area contributed by atoms with E-state index in [-0.39, 0.29) is 17.6 Å². The highest BCUT2D eigenvalue weighted by Gasteiger charge is 2.28. The second-order valence-corrected chi connectivity index (χ2v) is 6.62. The van der Waals surface area contributed by atoms with Gasteiger partial charge in [0.1, 0.15) is 0 Å². The average Bonchev–Trinajstić information content (AvgIpc) is 2.95. The molecule has 1 fully saturated rings. The van der Waals surface area contributed by atoms with Gasteiger partial charge in [0.15, 0.2) is 0 Å². The van der Waals surface area contributed by atoms with Crippen LogP contribution >= 0.6 is 0 Å². The number of hydrogen-bond acceptors (Lipinski definition) is 3. The predicted molar refractivity (Wildman–Crippen MR) is 94.9 cm³/mol. The van der Waals surface area contributed by atoms with E-state index >= 15 is 0 Å². The third kappa shape index (κ3) is 3.24. The van der Waals surface area contributed by atoms with Crippen LogP contribution < -0.4 is 11.4 Å². The molecule has 1 aromatic carbocycles. The molecule has 1 unspecified atom stereocenters. The highest BCUT2D eigenvalue weighted by atomic mass is 16.2. The maximum Gasteiger partial charge on any atom is 0.326 e. The van der Waals surface area contributed by atoms with Gasteiger partial charge in [-0.05, 0) is 31.4 Å². The van der Waals surface area contributed by atoms with Gasteiger partial charge < -0.3 is 15.6 Å². The molecule has 2 aromatic rings. The highest BCUT2D eigenvalue weighted by Crippen LogP contribution is 2.25. The minimum Gasteiger partial charge on any atom is -0.341 e. The van der Waals surface area contributed by atoms with Crippen LogP contribution in [0.5, 0.6) is 0 Å². The van der Waals surface area contributed by atoms with Gasteiger partial charge in [0, 0.05) is 19.1 Å². The lowest BCUT2D eigenvalue weighted by atomic mass is 10.0. The molecule has 24 heavy (non-hydrogen) atoms. The van der Waals surface area contributed by atoms with Crippen molar-refractivity contribution in [3.05, 3.63) is 34.7 Å². The van der Waals surface area contributed by atoms with E-state index in [1.165, 1.54) is 0 Å². The number of H-pyrrole nitrogens is 1. The number of carbonyl (C=O) groups excluding carboxylic acids is 1. The highest BCUT2D eigenvalue weighted by molar-refractivity contribution is 5.81. The Morgan fingerprint density at radius 2 is 2.04 bits per heavy atom. The van der Waals surface area contributed by atoms with Crippen LogP contribution in [-0.4, -0.2) is 39.5 Å². The van der Waals surface area contributed by atoms with Crippen LogP contribution in [0.4, 0.5) is 0 Å². The molecule has 6 heteroatoms. The topological polar surface area (TPSA) is 84.1 Å². The largest absolute Gasteiger partial charge is 0.341 e. The van der Waals surface area contributed by atoms with Gasteiger partial charge >= 0.3 is 5.69 Å². The van der Waals surface area contributed by atoms with Crippen LogP contribution in [0.15, 0.2) is 29.1 Å². The zero-order valence-electron chi connectivity index (χ0n) is 14.2. The van der Waals surface area contributed by atoms with Gasteiger partial charge in [-0.25, -0.2) is 4.79 Å². The van der Waals surface area contributed by atoms with Crippen molar-refractivity contribution in [1.29, 1.82) is 0 Å². The Morgan fingerprint density at radius 3 is 2.75 bits per heavy atom. The summed E-state index contributed by atoms with van der Waals surface area (Å²) in [6.07, 6.45) is 4.35. The van der Waals surface area contributed by atoms with Gasteiger partial charge in [-0.2, -0.15) is 0 Å². The molecule has 0 spiro atoms. The van der Waals surface area contributed by atoms with Gasteiger partial charge in [-0.1, -0.05) is 31.9 Å². The van der Waals surface area contributed by atoms with Crippen molar-refractivity contribution < 1.29 is 4.79 Å². The van der Waals surface area contributed by atoms with E-state index in [9.17, 15) is 9.59 Å². The lowest BCUT2D eigenvalue weighted by molar-refractivity contribution is -0.134. The number of nitrogens with one attached hydrogen (secondary N) is 1. The van der Waals surface area contributed by atoms with E-state index in [0.717, 1.165) is 43.1 Å². The fourth-order valence-corrected chi connectivity index (χ4v) is 3.56. The fraction of sp³-hybridized carbons (Fsp3) is 0.556. The van der Waals surface area contributed by atoms with E-state index in [1.807, 2.05) is 33.7 Å². The minimum atomic E-state index is -0.391. The first-order valence-corrected chi connectivity index (χ1v) is 8.85. The maximum absolute atomic E-state index is 12.4. The number of imidazole rings is 1. The first kappa shape index (κ1) is 16.8. The summed E-state index contributed by atoms with van der Waals surface area (Å²) in [6.45, 7) is 3.42. The Bertz CT molecular complexity index is 756. The van der Waals surface area contributed by atoms with E-state index in [0.29, 0.717) is 13.1 Å². The molecule has 0 radical (unpaired) electrons. The Morgan fingerprint density at radius 1 is 1.33 bits per heavy atom. The summed E-state index contributed by atoms with van der Waals surface area (Å²) in [5, 5.41) is 0. The molecule has 3 rings (SSSR count). The number of unbranched alkanes of at least 4 members (excludes halogenated alkanes) is 1. The standard InChI is InChI=1S/C18H26N4O2/c1-2-3-6-14(19)17(23)21-11-9-13(10-12-21)22-16-8-5-4-7-15(16)20-18(22)24/h4-5,7-8,13-14H,2-3,6,9-12,19H2,1H3,(H,20,24). The number of amides is 1. The number of carbonyl (C=O) groups is 1. The first-order valence-electron chi connectivity index (χ1n) is 8.85. The molecule has 0 saturated carbocycles. The molecule has 1 amide bonds. The summed E-state index contributed by atoms with van der Waals surface area (Å²) < 4.78 is 1.84. The molecule has 0 bridgehead atoms. The number of aromatic amines is 1. The molecular formula is C18H26N4O2. The van der Waals surface area contributed by atoms with Gasteiger partial charge in [0.2, 0.25) is 5.91 Å². The van der Waals surface area contributed by atoms with Crippen molar-refractivity contribution in [2.45, 2.75) is 51.1 Å². The molecule has 1 atom stereocenters. The number of fused-ring (bicyclic) bond motifs is 1. The normalized spacial score (nSPS) is 17.3. The summed E-state index contributed by atoms with van der Waals surface area (Å²) in [7, 11) is 0. The second kappa shape index (κ2) is 7.21. The van der Waals surface area contributed by atoms with Crippen molar-refractivity contribution >= 4 is 16.9 Å². The molecule has 3 N–H and O–H groups in total. The number of rotatable bonds is 5.